The van der Waals surface area contributed by atoms with E-state index in [1.807, 2.05) is 0 Å². The minimum Gasteiger partial charge on any atom is -0.412 e. The van der Waals surface area contributed by atoms with E-state index in [0.717, 1.165) is 32.7 Å². The van der Waals surface area contributed by atoms with E-state index < -0.39 is 8.32 Å². The summed E-state index contributed by atoms with van der Waals surface area (Å²) in [6, 6.07) is 10.7. The lowest BCUT2D eigenvalue weighted by Crippen LogP contribution is -2.48. The van der Waals surface area contributed by atoms with E-state index in [0.29, 0.717) is 11.8 Å². The molecule has 0 atom stereocenters. The molecule has 0 fully saturated rings. The highest BCUT2D eigenvalue weighted by Crippen LogP contribution is 2.35. The first-order valence-corrected chi connectivity index (χ1v) is 12.4. The van der Waals surface area contributed by atoms with Crippen molar-refractivity contribution in [2.75, 3.05) is 19.8 Å². The smallest absolute Gasteiger partial charge is 0.218 e. The molecule has 0 radical (unpaired) electrons. The van der Waals surface area contributed by atoms with Gasteiger partial charge in [-0.25, -0.2) is 0 Å². The Morgan fingerprint density at radius 2 is 1.46 bits per heavy atom. The van der Waals surface area contributed by atoms with Gasteiger partial charge in [0.05, 0.1) is 6.61 Å². The molecular weight excluding hydrogens is 312 g/mol. The molecular formula is C21H38O2Si. The zero-order valence-corrected chi connectivity index (χ0v) is 17.9. The first-order chi connectivity index (χ1) is 11.2. The Kier molecular flexibility index (Phi) is 8.68. The second-order valence-corrected chi connectivity index (χ2v) is 12.4. The maximum Gasteiger partial charge on any atom is 0.218 e. The molecule has 0 aliphatic rings. The summed E-state index contributed by atoms with van der Waals surface area (Å²) in [5.41, 5.74) is 0.122. The summed E-state index contributed by atoms with van der Waals surface area (Å²) in [4.78, 5) is 0. The molecule has 24 heavy (non-hydrogen) atoms. The second-order valence-electron chi connectivity index (χ2n) is 8.50. The molecule has 0 aliphatic heterocycles. The van der Waals surface area contributed by atoms with E-state index in [4.69, 9.17) is 9.16 Å². The van der Waals surface area contributed by atoms with Crippen molar-refractivity contribution in [2.24, 2.45) is 17.3 Å². The van der Waals surface area contributed by atoms with Crippen LogP contribution in [0.15, 0.2) is 30.3 Å². The number of rotatable bonds is 11. The number of hydrogen-bond donors (Lipinski definition) is 0. The third-order valence-electron chi connectivity index (χ3n) is 4.50. The molecule has 0 unspecified atom stereocenters. The van der Waals surface area contributed by atoms with Gasteiger partial charge < -0.3 is 9.16 Å². The fourth-order valence-corrected chi connectivity index (χ4v) is 5.50. The zero-order chi connectivity index (χ0) is 18.2. The molecule has 0 saturated carbocycles. The fourth-order valence-electron chi connectivity index (χ4n) is 3.67. The van der Waals surface area contributed by atoms with Gasteiger partial charge in [0, 0.05) is 18.6 Å². The van der Waals surface area contributed by atoms with Crippen molar-refractivity contribution in [1.29, 1.82) is 0 Å². The first kappa shape index (κ1) is 21.4. The summed E-state index contributed by atoms with van der Waals surface area (Å²) in [6.07, 6.45) is 2.31. The highest BCUT2D eigenvalue weighted by atomic mass is 28.4. The summed E-state index contributed by atoms with van der Waals surface area (Å²) in [6.45, 7) is 18.3. The average molecular weight is 351 g/mol. The molecule has 0 aromatic heterocycles. The van der Waals surface area contributed by atoms with E-state index >= 15 is 0 Å². The van der Waals surface area contributed by atoms with Crippen LogP contribution in [0.2, 0.25) is 13.1 Å². The molecule has 138 valence electrons. The van der Waals surface area contributed by atoms with Gasteiger partial charge in [-0.1, -0.05) is 58.0 Å². The van der Waals surface area contributed by atoms with Crippen LogP contribution in [0.1, 0.15) is 47.5 Å². The predicted molar refractivity (Wildman–Crippen MR) is 107 cm³/mol. The van der Waals surface area contributed by atoms with Crippen molar-refractivity contribution in [3.63, 3.8) is 0 Å². The normalized spacial score (nSPS) is 13.0. The topological polar surface area (TPSA) is 18.5 Å². The molecule has 3 heteroatoms. The Morgan fingerprint density at radius 1 is 0.917 bits per heavy atom. The third kappa shape index (κ3) is 7.08. The minimum absolute atomic E-state index is 0.122. The van der Waals surface area contributed by atoms with Gasteiger partial charge in [0.25, 0.3) is 0 Å². The Morgan fingerprint density at radius 3 is 1.92 bits per heavy atom. The maximum absolute atomic E-state index is 6.64. The molecule has 1 rings (SSSR count). The summed E-state index contributed by atoms with van der Waals surface area (Å²) >= 11 is 0. The molecule has 0 aliphatic carbocycles. The van der Waals surface area contributed by atoms with Crippen LogP contribution >= 0.6 is 0 Å². The number of hydrogen-bond acceptors (Lipinski definition) is 2. The Labute approximate surface area is 151 Å². The first-order valence-electron chi connectivity index (χ1n) is 9.48. The summed E-state index contributed by atoms with van der Waals surface area (Å²) in [5.74, 6) is 1.30. The lowest BCUT2D eigenvalue weighted by molar-refractivity contribution is -0.00958. The Hall–Kier alpha value is -0.643. The van der Waals surface area contributed by atoms with Gasteiger partial charge in [0.1, 0.15) is 0 Å². The number of benzene rings is 1. The maximum atomic E-state index is 6.64. The highest BCUT2D eigenvalue weighted by molar-refractivity contribution is 6.84. The van der Waals surface area contributed by atoms with Gasteiger partial charge in [-0.05, 0) is 49.9 Å². The molecule has 2 nitrogen and oxygen atoms in total. The Balaban J connectivity index is 2.92. The van der Waals surface area contributed by atoms with Crippen molar-refractivity contribution >= 4 is 13.5 Å². The van der Waals surface area contributed by atoms with Gasteiger partial charge in [-0.15, -0.1) is 0 Å². The van der Waals surface area contributed by atoms with Crippen molar-refractivity contribution < 1.29 is 9.16 Å². The summed E-state index contributed by atoms with van der Waals surface area (Å²) < 4.78 is 12.5. The van der Waals surface area contributed by atoms with Crippen LogP contribution in [0, 0.1) is 17.3 Å². The monoisotopic (exact) mass is 350 g/mol. The fraction of sp³-hybridized carbons (Fsp3) is 0.714. The molecule has 0 spiro atoms. The molecule has 0 saturated heterocycles. The zero-order valence-electron chi connectivity index (χ0n) is 16.9. The van der Waals surface area contributed by atoms with Crippen LogP contribution in [0.5, 0.6) is 0 Å². The van der Waals surface area contributed by atoms with E-state index in [2.05, 4.69) is 78.0 Å². The molecule has 0 heterocycles. The molecule has 0 N–H and O–H groups in total. The third-order valence-corrected chi connectivity index (χ3v) is 7.09. The van der Waals surface area contributed by atoms with Crippen LogP contribution in [-0.2, 0) is 9.16 Å². The second kappa shape index (κ2) is 9.74. The standard InChI is InChI=1S/C21H38O2Si/c1-8-22-16-21(14-18(2)3,15-19(4)5)17-23-24(6,7)20-12-10-9-11-13-20/h9-13,18-19H,8,14-17H2,1-7H3. The van der Waals surface area contributed by atoms with Crippen LogP contribution in [0.25, 0.3) is 0 Å². The SMILES string of the molecule is CCOCC(CO[Si](C)(C)c1ccccc1)(CC(C)C)CC(C)C. The quantitative estimate of drug-likeness (QED) is 0.509. The van der Waals surface area contributed by atoms with Gasteiger partial charge >= 0.3 is 0 Å². The van der Waals surface area contributed by atoms with Crippen LogP contribution in [0.3, 0.4) is 0 Å². The highest BCUT2D eigenvalue weighted by Gasteiger charge is 2.36. The lowest BCUT2D eigenvalue weighted by Gasteiger charge is -2.39. The molecule has 1 aromatic rings. The average Bonchev–Trinajstić information content (AvgIpc) is 2.51. The van der Waals surface area contributed by atoms with Gasteiger partial charge in [0.2, 0.25) is 8.32 Å². The van der Waals surface area contributed by atoms with E-state index in [-0.39, 0.29) is 5.41 Å². The van der Waals surface area contributed by atoms with E-state index in [1.165, 1.54) is 5.19 Å². The van der Waals surface area contributed by atoms with Gasteiger partial charge in [-0.3, -0.25) is 0 Å². The summed E-state index contributed by atoms with van der Waals surface area (Å²) in [7, 11) is -1.89. The Bertz CT molecular complexity index is 444. The van der Waals surface area contributed by atoms with Gasteiger partial charge in [-0.2, -0.15) is 0 Å². The van der Waals surface area contributed by atoms with Crippen molar-refractivity contribution in [3.8, 4) is 0 Å². The van der Waals surface area contributed by atoms with Crippen LogP contribution in [0.4, 0.5) is 0 Å². The molecule has 0 amide bonds. The predicted octanol–water partition coefficient (Wildman–Crippen LogP) is 5.23. The minimum atomic E-state index is -1.89. The largest absolute Gasteiger partial charge is 0.412 e. The van der Waals surface area contributed by atoms with Gasteiger partial charge in [0.15, 0.2) is 0 Å². The van der Waals surface area contributed by atoms with Crippen LogP contribution in [-0.4, -0.2) is 28.1 Å². The van der Waals surface area contributed by atoms with E-state index in [1.54, 1.807) is 0 Å². The lowest BCUT2D eigenvalue weighted by atomic mass is 9.75. The summed E-state index contributed by atoms with van der Waals surface area (Å²) in [5, 5.41) is 1.37. The van der Waals surface area contributed by atoms with E-state index in [9.17, 15) is 0 Å². The molecule has 1 aromatic carbocycles. The number of ether oxygens (including phenoxy) is 1. The molecule has 0 bridgehead atoms. The van der Waals surface area contributed by atoms with Crippen molar-refractivity contribution in [3.05, 3.63) is 30.3 Å². The van der Waals surface area contributed by atoms with Crippen molar-refractivity contribution in [2.45, 2.75) is 60.6 Å². The van der Waals surface area contributed by atoms with Crippen LogP contribution < -0.4 is 5.19 Å². The van der Waals surface area contributed by atoms with Crippen molar-refractivity contribution in [1.82, 2.24) is 0 Å².